The molecule has 0 aromatic heterocycles. The van der Waals surface area contributed by atoms with Gasteiger partial charge in [-0.1, -0.05) is 11.6 Å². The number of ether oxygens (including phenoxy) is 1. The van der Waals surface area contributed by atoms with Gasteiger partial charge in [0.1, 0.15) is 12.4 Å². The van der Waals surface area contributed by atoms with Crippen LogP contribution in [0.25, 0.3) is 0 Å². The summed E-state index contributed by atoms with van der Waals surface area (Å²) in [6.07, 6.45) is 0. The number of carbonyl (C=O) groups excluding carboxylic acids is 1. The maximum Gasteiger partial charge on any atom is 0.317 e. The monoisotopic (exact) mass is 265 g/mol. The van der Waals surface area contributed by atoms with Crippen molar-refractivity contribution in [2.75, 3.05) is 26.2 Å². The van der Waals surface area contributed by atoms with Crippen LogP contribution < -0.4 is 10.1 Å². The second kappa shape index (κ2) is 5.61. The minimum absolute atomic E-state index is 0.0653. The van der Waals surface area contributed by atoms with E-state index in [1.54, 1.807) is 23.1 Å². The number of nitrogens with zero attached hydrogens (tertiary/aromatic N) is 2. The zero-order chi connectivity index (χ0) is 13.0. The Morgan fingerprint density at radius 2 is 2.39 bits per heavy atom. The van der Waals surface area contributed by atoms with Crippen LogP contribution in [0.5, 0.6) is 5.75 Å². The van der Waals surface area contributed by atoms with Gasteiger partial charge >= 0.3 is 6.03 Å². The number of hydrogen-bond donors (Lipinski definition) is 1. The van der Waals surface area contributed by atoms with Crippen LogP contribution in [-0.4, -0.2) is 37.2 Å². The third kappa shape index (κ3) is 2.84. The molecule has 0 spiro atoms. The summed E-state index contributed by atoms with van der Waals surface area (Å²) in [5, 5.41) is 11.8. The first-order chi connectivity index (χ1) is 8.70. The van der Waals surface area contributed by atoms with Crippen molar-refractivity contribution in [3.8, 4) is 11.8 Å². The van der Waals surface area contributed by atoms with E-state index in [1.165, 1.54) is 0 Å². The molecule has 1 aliphatic rings. The molecule has 1 N–H and O–H groups in total. The molecule has 0 unspecified atom stereocenters. The zero-order valence-corrected chi connectivity index (χ0v) is 10.4. The van der Waals surface area contributed by atoms with Gasteiger partial charge in [0.25, 0.3) is 0 Å². The average molecular weight is 266 g/mol. The lowest BCUT2D eigenvalue weighted by Crippen LogP contribution is -2.31. The van der Waals surface area contributed by atoms with Crippen molar-refractivity contribution < 1.29 is 9.53 Å². The van der Waals surface area contributed by atoms with Crippen molar-refractivity contribution in [2.24, 2.45) is 0 Å². The zero-order valence-electron chi connectivity index (χ0n) is 9.65. The number of hydrogen-bond acceptors (Lipinski definition) is 3. The van der Waals surface area contributed by atoms with E-state index < -0.39 is 0 Å². The molecular formula is C12H12ClN3O2. The van der Waals surface area contributed by atoms with Crippen LogP contribution in [0.2, 0.25) is 5.02 Å². The summed E-state index contributed by atoms with van der Waals surface area (Å²) >= 11 is 5.96. The SMILES string of the molecule is N#Cc1ccc(OCCN2CCNC2=O)c(Cl)c1. The second-order valence-corrected chi connectivity index (χ2v) is 4.23. The Labute approximate surface area is 110 Å². The second-order valence-electron chi connectivity index (χ2n) is 3.82. The average Bonchev–Trinajstić information content (AvgIpc) is 2.77. The Kier molecular flexibility index (Phi) is 3.90. The Hall–Kier alpha value is -1.93. The van der Waals surface area contributed by atoms with Crippen molar-refractivity contribution in [3.05, 3.63) is 28.8 Å². The first kappa shape index (κ1) is 12.5. The van der Waals surface area contributed by atoms with Crippen LogP contribution in [0, 0.1) is 11.3 Å². The lowest BCUT2D eigenvalue weighted by atomic mass is 10.2. The summed E-state index contributed by atoms with van der Waals surface area (Å²) in [5.41, 5.74) is 0.492. The van der Waals surface area contributed by atoms with Crippen LogP contribution in [-0.2, 0) is 0 Å². The maximum atomic E-state index is 11.3. The molecule has 94 valence electrons. The fourth-order valence-corrected chi connectivity index (χ4v) is 1.91. The van der Waals surface area contributed by atoms with E-state index in [2.05, 4.69) is 5.32 Å². The van der Waals surface area contributed by atoms with E-state index >= 15 is 0 Å². The molecule has 0 atom stereocenters. The third-order valence-corrected chi connectivity index (χ3v) is 2.92. The van der Waals surface area contributed by atoms with Crippen molar-refractivity contribution in [3.63, 3.8) is 0 Å². The Balaban J connectivity index is 1.87. The van der Waals surface area contributed by atoms with Crippen molar-refractivity contribution in [2.45, 2.75) is 0 Å². The molecule has 1 heterocycles. The van der Waals surface area contributed by atoms with E-state index in [0.29, 0.717) is 42.6 Å². The standard InChI is InChI=1S/C12H12ClN3O2/c13-10-7-9(8-14)1-2-11(10)18-6-5-16-4-3-15-12(16)17/h1-2,7H,3-6H2,(H,15,17). The highest BCUT2D eigenvalue weighted by atomic mass is 35.5. The van der Waals surface area contributed by atoms with Gasteiger partial charge in [0.05, 0.1) is 23.2 Å². The summed E-state index contributed by atoms with van der Waals surface area (Å²) in [6, 6.07) is 6.79. The van der Waals surface area contributed by atoms with Gasteiger partial charge in [0.2, 0.25) is 0 Å². The maximum absolute atomic E-state index is 11.3. The minimum atomic E-state index is -0.0653. The molecule has 0 aliphatic carbocycles. The molecule has 2 rings (SSSR count). The predicted octanol–water partition coefficient (Wildman–Crippen LogP) is 1.62. The molecule has 1 fully saturated rings. The molecule has 0 bridgehead atoms. The molecule has 2 amide bonds. The summed E-state index contributed by atoms with van der Waals surface area (Å²) in [4.78, 5) is 12.9. The van der Waals surface area contributed by atoms with Gasteiger partial charge < -0.3 is 15.0 Å². The van der Waals surface area contributed by atoms with Crippen molar-refractivity contribution >= 4 is 17.6 Å². The number of nitriles is 1. The number of halogens is 1. The van der Waals surface area contributed by atoms with E-state index in [0.717, 1.165) is 0 Å². The Morgan fingerprint density at radius 3 is 3.00 bits per heavy atom. The van der Waals surface area contributed by atoms with Gasteiger partial charge in [-0.3, -0.25) is 0 Å². The topological polar surface area (TPSA) is 65.4 Å². The van der Waals surface area contributed by atoms with Crippen LogP contribution in [0.3, 0.4) is 0 Å². The minimum Gasteiger partial charge on any atom is -0.490 e. The molecular weight excluding hydrogens is 254 g/mol. The van der Waals surface area contributed by atoms with E-state index in [1.807, 2.05) is 6.07 Å². The summed E-state index contributed by atoms with van der Waals surface area (Å²) in [6.45, 7) is 2.26. The van der Waals surface area contributed by atoms with Gasteiger partial charge in [0.15, 0.2) is 0 Å². The predicted molar refractivity (Wildman–Crippen MR) is 66.6 cm³/mol. The molecule has 1 aromatic carbocycles. The quantitative estimate of drug-likeness (QED) is 0.900. The van der Waals surface area contributed by atoms with E-state index in [4.69, 9.17) is 21.6 Å². The largest absolute Gasteiger partial charge is 0.490 e. The fraction of sp³-hybridized carbons (Fsp3) is 0.333. The molecule has 1 aromatic rings. The smallest absolute Gasteiger partial charge is 0.317 e. The first-order valence-corrected chi connectivity index (χ1v) is 5.94. The molecule has 1 saturated heterocycles. The highest BCUT2D eigenvalue weighted by molar-refractivity contribution is 6.32. The Bertz CT molecular complexity index is 499. The lowest BCUT2D eigenvalue weighted by molar-refractivity contribution is 0.202. The molecule has 18 heavy (non-hydrogen) atoms. The highest BCUT2D eigenvalue weighted by Crippen LogP contribution is 2.25. The molecule has 1 aliphatic heterocycles. The van der Waals surface area contributed by atoms with E-state index in [9.17, 15) is 4.79 Å². The number of rotatable bonds is 4. The van der Waals surface area contributed by atoms with Gasteiger partial charge in [0, 0.05) is 13.1 Å². The molecule has 0 saturated carbocycles. The van der Waals surface area contributed by atoms with Crippen LogP contribution >= 0.6 is 11.6 Å². The van der Waals surface area contributed by atoms with Crippen LogP contribution in [0.4, 0.5) is 4.79 Å². The number of nitrogens with one attached hydrogen (secondary N) is 1. The highest BCUT2D eigenvalue weighted by Gasteiger charge is 2.18. The molecule has 6 heteroatoms. The number of urea groups is 1. The summed E-state index contributed by atoms with van der Waals surface area (Å²) in [7, 11) is 0. The van der Waals surface area contributed by atoms with Gasteiger partial charge in [-0.2, -0.15) is 5.26 Å². The van der Waals surface area contributed by atoms with Gasteiger partial charge in [-0.25, -0.2) is 4.79 Å². The van der Waals surface area contributed by atoms with Gasteiger partial charge in [-0.05, 0) is 18.2 Å². The Morgan fingerprint density at radius 1 is 1.56 bits per heavy atom. The molecule has 5 nitrogen and oxygen atoms in total. The number of carbonyl (C=O) groups is 1. The molecule has 0 radical (unpaired) electrons. The van der Waals surface area contributed by atoms with Crippen molar-refractivity contribution in [1.29, 1.82) is 5.26 Å². The number of benzene rings is 1. The third-order valence-electron chi connectivity index (χ3n) is 2.62. The van der Waals surface area contributed by atoms with Gasteiger partial charge in [-0.15, -0.1) is 0 Å². The van der Waals surface area contributed by atoms with E-state index in [-0.39, 0.29) is 6.03 Å². The summed E-state index contributed by atoms with van der Waals surface area (Å²) < 4.78 is 5.48. The van der Waals surface area contributed by atoms with Crippen LogP contribution in [0.15, 0.2) is 18.2 Å². The normalized spacial score (nSPS) is 14.2. The van der Waals surface area contributed by atoms with Crippen LogP contribution in [0.1, 0.15) is 5.56 Å². The summed E-state index contributed by atoms with van der Waals surface area (Å²) in [5.74, 6) is 0.523. The number of amides is 2. The fourth-order valence-electron chi connectivity index (χ4n) is 1.68. The first-order valence-electron chi connectivity index (χ1n) is 5.56. The van der Waals surface area contributed by atoms with Crippen molar-refractivity contribution in [1.82, 2.24) is 10.2 Å². The lowest BCUT2D eigenvalue weighted by Gasteiger charge is -2.15.